The van der Waals surface area contributed by atoms with Crippen LogP contribution in [0.25, 0.3) is 6.08 Å². The summed E-state index contributed by atoms with van der Waals surface area (Å²) in [7, 11) is -4.25. The number of benzene rings is 1. The zero-order valence-electron chi connectivity index (χ0n) is 7.17. The maximum Gasteiger partial charge on any atom is 1.00 e. The van der Waals surface area contributed by atoms with Gasteiger partial charge >= 0.3 is 68.9 Å². The number of hydrogen-bond acceptors (Lipinski definition) is 3. The average Bonchev–Trinajstić information content (AvgIpc) is 2.02. The molecule has 0 bridgehead atoms. The van der Waals surface area contributed by atoms with Crippen LogP contribution in [-0.4, -0.2) is 13.0 Å². The summed E-state index contributed by atoms with van der Waals surface area (Å²) in [6.07, 6.45) is 1.27. The van der Waals surface area contributed by atoms with Crippen LogP contribution in [0.5, 0.6) is 0 Å². The van der Waals surface area contributed by atoms with E-state index in [1.807, 2.05) is 6.07 Å². The van der Waals surface area contributed by atoms with Gasteiger partial charge in [-0.1, -0.05) is 30.3 Å². The van der Waals surface area contributed by atoms with E-state index in [0.29, 0.717) is 11.0 Å². The van der Waals surface area contributed by atoms with Crippen molar-refractivity contribution >= 4 is 16.2 Å². The Morgan fingerprint density at radius 1 is 1.15 bits per heavy atom. The molecular weight excluding hydrogens is 309 g/mol. The summed E-state index contributed by atoms with van der Waals surface area (Å²) in [5, 5.41) is 0.641. The van der Waals surface area contributed by atoms with Crippen molar-refractivity contribution in [1.82, 2.24) is 0 Å². The third-order valence-corrected chi connectivity index (χ3v) is 1.70. The molecule has 0 amide bonds. The van der Waals surface area contributed by atoms with Crippen molar-refractivity contribution in [3.05, 3.63) is 41.3 Å². The Morgan fingerprint density at radius 2 is 1.69 bits per heavy atom. The normalized spacial score (nSPS) is 11.2. The molecule has 5 heteroatoms. The summed E-state index contributed by atoms with van der Waals surface area (Å²) < 4.78 is 30.5. The predicted octanol–water partition coefficient (Wildman–Crippen LogP) is -1.79. The Kier molecular flexibility index (Phi) is 6.87. The van der Waals surface area contributed by atoms with Crippen molar-refractivity contribution in [3.63, 3.8) is 0 Å². The van der Waals surface area contributed by atoms with Gasteiger partial charge in [-0.15, -0.1) is 0 Å². The van der Waals surface area contributed by atoms with Crippen LogP contribution in [0.1, 0.15) is 5.56 Å². The van der Waals surface area contributed by atoms with Crippen LogP contribution in [0.15, 0.2) is 35.7 Å². The minimum Gasteiger partial charge on any atom is -0.744 e. The van der Waals surface area contributed by atoms with Gasteiger partial charge < -0.3 is 4.55 Å². The molecule has 0 aliphatic carbocycles. The van der Waals surface area contributed by atoms with Crippen LogP contribution in [0.3, 0.4) is 0 Å². The standard InChI is InChI=1S/C8H8O3S.Cs/c9-12(10,11)7-6-8-4-2-1-3-5-8;/h1-7H,(H,9,10,11);/q;+1/p-1. The van der Waals surface area contributed by atoms with Gasteiger partial charge in [-0.25, -0.2) is 8.42 Å². The van der Waals surface area contributed by atoms with E-state index < -0.39 is 10.1 Å². The monoisotopic (exact) mass is 316 g/mol. The van der Waals surface area contributed by atoms with Crippen LogP contribution in [0.4, 0.5) is 0 Å². The van der Waals surface area contributed by atoms with Crippen LogP contribution >= 0.6 is 0 Å². The third-order valence-electron chi connectivity index (χ3n) is 1.23. The Bertz CT molecular complexity index is 370. The van der Waals surface area contributed by atoms with Gasteiger partial charge in [0, 0.05) is 5.41 Å². The molecule has 0 atom stereocenters. The van der Waals surface area contributed by atoms with E-state index >= 15 is 0 Å². The zero-order chi connectivity index (χ0) is 9.03. The molecule has 0 radical (unpaired) electrons. The van der Waals surface area contributed by atoms with Gasteiger partial charge in [0.25, 0.3) is 0 Å². The summed E-state index contributed by atoms with van der Waals surface area (Å²) >= 11 is 0. The Hall–Kier alpha value is 0.922. The van der Waals surface area contributed by atoms with Crippen molar-refractivity contribution in [2.24, 2.45) is 0 Å². The minimum absolute atomic E-state index is 0. The molecule has 0 spiro atoms. The average molecular weight is 316 g/mol. The Balaban J connectivity index is 0.00000144. The molecule has 13 heavy (non-hydrogen) atoms. The smallest absolute Gasteiger partial charge is 0.744 e. The second-order valence-electron chi connectivity index (χ2n) is 2.21. The number of rotatable bonds is 2. The summed E-state index contributed by atoms with van der Waals surface area (Å²) in [6.45, 7) is 0. The first-order valence-corrected chi connectivity index (χ1v) is 4.74. The van der Waals surface area contributed by atoms with Gasteiger partial charge in [0.15, 0.2) is 0 Å². The van der Waals surface area contributed by atoms with E-state index in [9.17, 15) is 13.0 Å². The van der Waals surface area contributed by atoms with Crippen LogP contribution in [0, 0.1) is 0 Å². The molecule has 0 heterocycles. The molecule has 0 saturated heterocycles. The molecule has 0 unspecified atom stereocenters. The van der Waals surface area contributed by atoms with E-state index in [0.717, 1.165) is 0 Å². The molecule has 64 valence electrons. The van der Waals surface area contributed by atoms with Gasteiger partial charge in [-0.05, 0) is 11.6 Å². The van der Waals surface area contributed by atoms with Crippen molar-refractivity contribution < 1.29 is 81.9 Å². The molecule has 0 saturated carbocycles. The van der Waals surface area contributed by atoms with Gasteiger partial charge in [0.05, 0.1) is 0 Å². The minimum atomic E-state index is -4.25. The summed E-state index contributed by atoms with van der Waals surface area (Å²) in [6, 6.07) is 8.75. The second kappa shape index (κ2) is 6.41. The molecule has 1 aromatic rings. The van der Waals surface area contributed by atoms with Gasteiger partial charge in [0.2, 0.25) is 0 Å². The molecule has 1 aromatic carbocycles. The maximum absolute atomic E-state index is 10.2. The van der Waals surface area contributed by atoms with Crippen molar-refractivity contribution in [3.8, 4) is 0 Å². The summed E-state index contributed by atoms with van der Waals surface area (Å²) in [5.41, 5.74) is 0.692. The SMILES string of the molecule is O=S(=O)([O-])C=Cc1ccccc1.[Cs+]. The fourth-order valence-corrected chi connectivity index (χ4v) is 1.05. The summed E-state index contributed by atoms with van der Waals surface area (Å²) in [4.78, 5) is 0. The third kappa shape index (κ3) is 6.92. The fraction of sp³-hybridized carbons (Fsp3) is 0. The molecule has 0 aliphatic rings. The van der Waals surface area contributed by atoms with Crippen LogP contribution in [-0.2, 0) is 10.1 Å². The van der Waals surface area contributed by atoms with Crippen molar-refractivity contribution in [2.75, 3.05) is 0 Å². The van der Waals surface area contributed by atoms with Crippen LogP contribution in [0.2, 0.25) is 0 Å². The predicted molar refractivity (Wildman–Crippen MR) is 45.2 cm³/mol. The van der Waals surface area contributed by atoms with E-state index in [1.165, 1.54) is 6.08 Å². The first-order valence-electron chi connectivity index (χ1n) is 3.27. The molecular formula is C8H7CsO3S. The van der Waals surface area contributed by atoms with Crippen molar-refractivity contribution in [2.45, 2.75) is 0 Å². The molecule has 3 nitrogen and oxygen atoms in total. The van der Waals surface area contributed by atoms with Gasteiger partial charge in [-0.3, -0.25) is 0 Å². The molecule has 0 N–H and O–H groups in total. The fourth-order valence-electron chi connectivity index (χ4n) is 0.726. The second-order valence-corrected chi connectivity index (χ2v) is 3.46. The van der Waals surface area contributed by atoms with E-state index in [1.54, 1.807) is 24.3 Å². The number of hydrogen-bond donors (Lipinski definition) is 0. The van der Waals surface area contributed by atoms with Gasteiger partial charge in [-0.2, -0.15) is 0 Å². The molecule has 1 rings (SSSR count). The Labute approximate surface area is 136 Å². The van der Waals surface area contributed by atoms with E-state index in [4.69, 9.17) is 0 Å². The molecule has 0 aromatic heterocycles. The summed E-state index contributed by atoms with van der Waals surface area (Å²) in [5.74, 6) is 0. The maximum atomic E-state index is 10.2. The molecule has 0 aliphatic heterocycles. The Morgan fingerprint density at radius 3 is 2.15 bits per heavy atom. The molecule has 0 fully saturated rings. The van der Waals surface area contributed by atoms with E-state index in [-0.39, 0.29) is 68.9 Å². The topological polar surface area (TPSA) is 57.2 Å². The van der Waals surface area contributed by atoms with Crippen molar-refractivity contribution in [1.29, 1.82) is 0 Å². The largest absolute Gasteiger partial charge is 1.00 e. The first-order chi connectivity index (χ1) is 5.58. The van der Waals surface area contributed by atoms with Gasteiger partial charge in [0.1, 0.15) is 10.1 Å². The zero-order valence-corrected chi connectivity index (χ0v) is 14.3. The van der Waals surface area contributed by atoms with Crippen LogP contribution < -0.4 is 68.9 Å². The quantitative estimate of drug-likeness (QED) is 0.606. The first kappa shape index (κ1) is 13.9. The van der Waals surface area contributed by atoms with E-state index in [2.05, 4.69) is 0 Å².